The Morgan fingerprint density at radius 2 is 2.05 bits per heavy atom. The third kappa shape index (κ3) is 4.82. The molecule has 5 nitrogen and oxygen atoms in total. The molecule has 0 unspecified atom stereocenters. The Morgan fingerprint density at radius 3 is 2.76 bits per heavy atom. The van der Waals surface area contributed by atoms with Gasteiger partial charge in [-0.25, -0.2) is 4.98 Å². The molecule has 21 heavy (non-hydrogen) atoms. The molecule has 0 fully saturated rings. The highest BCUT2D eigenvalue weighted by Crippen LogP contribution is 2.26. The molecule has 0 atom stereocenters. The Hall–Kier alpha value is -1.41. The van der Waals surface area contributed by atoms with E-state index in [4.69, 9.17) is 9.47 Å². The van der Waals surface area contributed by atoms with Crippen molar-refractivity contribution >= 4 is 28.4 Å². The molecule has 0 saturated heterocycles. The van der Waals surface area contributed by atoms with Crippen LogP contribution in [0.15, 0.2) is 30.3 Å². The van der Waals surface area contributed by atoms with Crippen LogP contribution in [0.4, 0.5) is 5.82 Å². The van der Waals surface area contributed by atoms with Gasteiger partial charge in [0, 0.05) is 19.7 Å². The number of para-hydroxylation sites is 1. The first-order chi connectivity index (χ1) is 10.2. The standard InChI is InChI=1S/C15H18IN3O2/c1-3-8-17-13-9-15(19-14(18-13)10-20-2)21-12-7-5-4-6-11(12)16/h4-7,9H,3,8,10H2,1-2H3,(H,17,18,19). The van der Waals surface area contributed by atoms with Crippen LogP contribution in [-0.2, 0) is 11.3 Å². The van der Waals surface area contributed by atoms with Crippen LogP contribution in [0.5, 0.6) is 11.6 Å². The highest BCUT2D eigenvalue weighted by atomic mass is 127. The smallest absolute Gasteiger partial charge is 0.224 e. The summed E-state index contributed by atoms with van der Waals surface area (Å²) < 4.78 is 12.0. The summed E-state index contributed by atoms with van der Waals surface area (Å²) in [5.74, 6) is 2.64. The van der Waals surface area contributed by atoms with Crippen molar-refractivity contribution < 1.29 is 9.47 Å². The topological polar surface area (TPSA) is 56.3 Å². The summed E-state index contributed by atoms with van der Waals surface area (Å²) in [6.45, 7) is 3.31. The van der Waals surface area contributed by atoms with Gasteiger partial charge in [0.25, 0.3) is 0 Å². The third-order valence-electron chi connectivity index (χ3n) is 2.63. The van der Waals surface area contributed by atoms with Crippen molar-refractivity contribution in [1.29, 1.82) is 0 Å². The summed E-state index contributed by atoms with van der Waals surface area (Å²) in [6, 6.07) is 9.62. The van der Waals surface area contributed by atoms with Gasteiger partial charge in [-0.3, -0.25) is 0 Å². The number of nitrogens with one attached hydrogen (secondary N) is 1. The minimum Gasteiger partial charge on any atom is -0.438 e. The minimum atomic E-state index is 0.351. The van der Waals surface area contributed by atoms with Crippen LogP contribution in [0.1, 0.15) is 19.2 Å². The van der Waals surface area contributed by atoms with Crippen molar-refractivity contribution in [2.75, 3.05) is 19.0 Å². The van der Waals surface area contributed by atoms with E-state index < -0.39 is 0 Å². The maximum absolute atomic E-state index is 5.86. The minimum absolute atomic E-state index is 0.351. The number of aromatic nitrogens is 2. The van der Waals surface area contributed by atoms with Crippen LogP contribution in [0, 0.1) is 3.57 Å². The molecule has 1 aromatic heterocycles. The summed E-state index contributed by atoms with van der Waals surface area (Å²) in [5.41, 5.74) is 0. The maximum atomic E-state index is 5.86. The summed E-state index contributed by atoms with van der Waals surface area (Å²) in [7, 11) is 1.62. The number of benzene rings is 1. The highest BCUT2D eigenvalue weighted by molar-refractivity contribution is 14.1. The lowest BCUT2D eigenvalue weighted by Crippen LogP contribution is -2.06. The van der Waals surface area contributed by atoms with Gasteiger partial charge in [0.2, 0.25) is 5.88 Å². The Morgan fingerprint density at radius 1 is 1.24 bits per heavy atom. The predicted octanol–water partition coefficient (Wildman–Crippen LogP) is 3.84. The second kappa shape index (κ2) is 8.14. The zero-order valence-corrected chi connectivity index (χ0v) is 14.3. The number of anilines is 1. The van der Waals surface area contributed by atoms with Gasteiger partial charge in [-0.2, -0.15) is 4.98 Å². The molecule has 0 radical (unpaired) electrons. The lowest BCUT2D eigenvalue weighted by Gasteiger charge is -2.11. The molecule has 0 aliphatic heterocycles. The number of ether oxygens (including phenoxy) is 2. The van der Waals surface area contributed by atoms with Crippen LogP contribution in [0.25, 0.3) is 0 Å². The molecule has 6 heteroatoms. The number of halogens is 1. The van der Waals surface area contributed by atoms with Gasteiger partial charge >= 0.3 is 0 Å². The van der Waals surface area contributed by atoms with E-state index in [1.54, 1.807) is 13.2 Å². The van der Waals surface area contributed by atoms with Gasteiger partial charge in [0.1, 0.15) is 18.2 Å². The first kappa shape index (κ1) is 16.0. The average Bonchev–Trinajstić information content (AvgIpc) is 2.48. The van der Waals surface area contributed by atoms with E-state index in [9.17, 15) is 0 Å². The second-order valence-corrected chi connectivity index (χ2v) is 5.56. The molecule has 0 bridgehead atoms. The summed E-state index contributed by atoms with van der Waals surface area (Å²) in [6.07, 6.45) is 1.02. The Labute approximate surface area is 138 Å². The normalized spacial score (nSPS) is 10.4. The largest absolute Gasteiger partial charge is 0.438 e. The van der Waals surface area contributed by atoms with Crippen LogP contribution < -0.4 is 10.1 Å². The van der Waals surface area contributed by atoms with Crippen molar-refractivity contribution in [3.63, 3.8) is 0 Å². The number of nitrogens with zero attached hydrogens (tertiary/aromatic N) is 2. The van der Waals surface area contributed by atoms with Crippen LogP contribution in [0.2, 0.25) is 0 Å². The van der Waals surface area contributed by atoms with Gasteiger partial charge in [0.15, 0.2) is 5.82 Å². The molecule has 0 amide bonds. The van der Waals surface area contributed by atoms with Crippen LogP contribution >= 0.6 is 22.6 Å². The molecule has 1 N–H and O–H groups in total. The van der Waals surface area contributed by atoms with E-state index in [1.165, 1.54) is 0 Å². The van der Waals surface area contributed by atoms with Gasteiger partial charge < -0.3 is 14.8 Å². The quantitative estimate of drug-likeness (QED) is 0.717. The van der Waals surface area contributed by atoms with E-state index in [2.05, 4.69) is 44.8 Å². The number of methoxy groups -OCH3 is 1. The Kier molecular flexibility index (Phi) is 6.19. The first-order valence-corrected chi connectivity index (χ1v) is 7.84. The third-order valence-corrected chi connectivity index (χ3v) is 3.52. The van der Waals surface area contributed by atoms with Crippen molar-refractivity contribution in [1.82, 2.24) is 9.97 Å². The Bertz CT molecular complexity index is 593. The van der Waals surface area contributed by atoms with Crippen molar-refractivity contribution in [2.45, 2.75) is 20.0 Å². The number of hydrogen-bond acceptors (Lipinski definition) is 5. The molecule has 2 aromatic rings. The molecule has 1 heterocycles. The first-order valence-electron chi connectivity index (χ1n) is 6.76. The van der Waals surface area contributed by atoms with Gasteiger partial charge in [0.05, 0.1) is 3.57 Å². The highest BCUT2D eigenvalue weighted by Gasteiger charge is 2.08. The van der Waals surface area contributed by atoms with E-state index in [0.717, 1.165) is 28.1 Å². The molecule has 112 valence electrons. The number of rotatable bonds is 7. The van der Waals surface area contributed by atoms with E-state index in [1.807, 2.05) is 24.3 Å². The molecule has 0 saturated carbocycles. The van der Waals surface area contributed by atoms with Crippen molar-refractivity contribution in [3.05, 3.63) is 39.7 Å². The van der Waals surface area contributed by atoms with E-state index in [-0.39, 0.29) is 0 Å². The van der Waals surface area contributed by atoms with Gasteiger partial charge in [-0.15, -0.1) is 0 Å². The lowest BCUT2D eigenvalue weighted by atomic mass is 10.3. The molecule has 0 aliphatic rings. The fourth-order valence-electron chi connectivity index (χ4n) is 1.70. The molecule has 2 rings (SSSR count). The summed E-state index contributed by atoms with van der Waals surface area (Å²) in [4.78, 5) is 8.76. The SMILES string of the molecule is CCCNc1cc(Oc2ccccc2I)nc(COC)n1. The predicted molar refractivity (Wildman–Crippen MR) is 90.8 cm³/mol. The molecule has 1 aromatic carbocycles. The molecular formula is C15H18IN3O2. The van der Waals surface area contributed by atoms with Crippen LogP contribution in [0.3, 0.4) is 0 Å². The monoisotopic (exact) mass is 399 g/mol. The second-order valence-electron chi connectivity index (χ2n) is 4.40. The molecule has 0 aliphatic carbocycles. The van der Waals surface area contributed by atoms with Crippen LogP contribution in [-0.4, -0.2) is 23.6 Å². The molecular weight excluding hydrogens is 381 g/mol. The van der Waals surface area contributed by atoms with Crippen molar-refractivity contribution in [3.8, 4) is 11.6 Å². The van der Waals surface area contributed by atoms with E-state index in [0.29, 0.717) is 18.3 Å². The van der Waals surface area contributed by atoms with E-state index >= 15 is 0 Å². The van der Waals surface area contributed by atoms with Gasteiger partial charge in [-0.1, -0.05) is 19.1 Å². The fourth-order valence-corrected chi connectivity index (χ4v) is 2.20. The zero-order chi connectivity index (χ0) is 15.1. The van der Waals surface area contributed by atoms with Gasteiger partial charge in [-0.05, 0) is 41.1 Å². The lowest BCUT2D eigenvalue weighted by molar-refractivity contribution is 0.177. The van der Waals surface area contributed by atoms with Crippen molar-refractivity contribution in [2.24, 2.45) is 0 Å². The summed E-state index contributed by atoms with van der Waals surface area (Å²) in [5, 5.41) is 3.25. The summed E-state index contributed by atoms with van der Waals surface area (Å²) >= 11 is 2.24. The fraction of sp³-hybridized carbons (Fsp3) is 0.333. The zero-order valence-electron chi connectivity index (χ0n) is 12.1. The molecule has 0 spiro atoms. The average molecular weight is 399 g/mol. The maximum Gasteiger partial charge on any atom is 0.224 e. The Balaban J connectivity index is 2.24. The number of hydrogen-bond donors (Lipinski definition) is 1.